The predicted octanol–water partition coefficient (Wildman–Crippen LogP) is 0.0888. The van der Waals surface area contributed by atoms with E-state index in [1.807, 2.05) is 24.7 Å². The summed E-state index contributed by atoms with van der Waals surface area (Å²) in [5, 5.41) is 9.42. The second kappa shape index (κ2) is 7.84. The molecule has 0 atom stereocenters. The van der Waals surface area contributed by atoms with Crippen LogP contribution in [-0.2, 0) is 18.3 Å². The Morgan fingerprint density at radius 2 is 2.20 bits per heavy atom. The lowest BCUT2D eigenvalue weighted by Gasteiger charge is -2.02. The molecule has 5 nitrogen and oxygen atoms in total. The van der Waals surface area contributed by atoms with Crippen LogP contribution in [0.5, 0.6) is 0 Å². The highest BCUT2D eigenvalue weighted by molar-refractivity contribution is 5.53. The van der Waals surface area contributed by atoms with Gasteiger partial charge in [0.2, 0.25) is 6.33 Å². The quantitative estimate of drug-likeness (QED) is 0.529. The molecule has 0 bridgehead atoms. The van der Waals surface area contributed by atoms with Crippen molar-refractivity contribution in [2.24, 2.45) is 7.05 Å². The summed E-state index contributed by atoms with van der Waals surface area (Å²) >= 11 is 0. The number of hydrogen-bond donors (Lipinski definition) is 0. The summed E-state index contributed by atoms with van der Waals surface area (Å²) in [6.45, 7) is 5.24. The van der Waals surface area contributed by atoms with Crippen LogP contribution in [0, 0.1) is 0 Å². The minimum Gasteiger partial charge on any atom is -0.550 e. The first-order valence-corrected chi connectivity index (χ1v) is 4.94. The minimum absolute atomic E-state index is 0.238. The van der Waals surface area contributed by atoms with Crippen molar-refractivity contribution < 1.29 is 19.2 Å². The molecule has 1 aromatic heterocycles. The van der Waals surface area contributed by atoms with Crippen molar-refractivity contribution in [1.29, 1.82) is 0 Å². The highest BCUT2D eigenvalue weighted by Crippen LogP contribution is 1.79. The topological polar surface area (TPSA) is 58.2 Å². The third kappa shape index (κ3) is 7.54. The fourth-order valence-electron chi connectivity index (χ4n) is 0.874. The van der Waals surface area contributed by atoms with Gasteiger partial charge in [-0.2, -0.15) is 0 Å². The lowest BCUT2D eigenvalue weighted by molar-refractivity contribution is -0.671. The van der Waals surface area contributed by atoms with Crippen molar-refractivity contribution in [3.63, 3.8) is 0 Å². The maximum atomic E-state index is 9.42. The van der Waals surface area contributed by atoms with Gasteiger partial charge >= 0.3 is 0 Å². The maximum absolute atomic E-state index is 9.42. The number of hydrogen-bond acceptors (Lipinski definition) is 3. The molecule has 15 heavy (non-hydrogen) atoms. The number of nitrogens with zero attached hydrogens (tertiary/aromatic N) is 2. The second-order valence-electron chi connectivity index (χ2n) is 3.01. The van der Waals surface area contributed by atoms with Crippen LogP contribution in [0.15, 0.2) is 18.7 Å². The molecular weight excluding hydrogens is 196 g/mol. The van der Waals surface area contributed by atoms with Crippen LogP contribution >= 0.6 is 0 Å². The first kappa shape index (κ1) is 13.5. The zero-order valence-corrected chi connectivity index (χ0v) is 9.47. The van der Waals surface area contributed by atoms with E-state index in [0.717, 1.165) is 6.54 Å². The first-order valence-electron chi connectivity index (χ1n) is 4.94. The van der Waals surface area contributed by atoms with Crippen LogP contribution in [0.25, 0.3) is 0 Å². The zero-order valence-electron chi connectivity index (χ0n) is 9.47. The molecule has 1 aromatic rings. The number of aromatic nitrogens is 2. The average molecular weight is 214 g/mol. The number of carbonyl (C=O) groups excluding carboxylic acids is 1. The largest absolute Gasteiger partial charge is 0.550 e. The summed E-state index contributed by atoms with van der Waals surface area (Å²) in [6.07, 6.45) is 5.40. The van der Waals surface area contributed by atoms with Gasteiger partial charge in [-0.25, -0.2) is 9.13 Å². The van der Waals surface area contributed by atoms with Crippen LogP contribution in [-0.4, -0.2) is 17.3 Å². The Morgan fingerprint density at radius 1 is 1.53 bits per heavy atom. The predicted molar refractivity (Wildman–Crippen MR) is 52.9 cm³/mol. The smallest absolute Gasteiger partial charge is 0.251 e. The third-order valence-electron chi connectivity index (χ3n) is 1.61. The van der Waals surface area contributed by atoms with E-state index in [2.05, 4.69) is 28.8 Å². The number of carbonyl (C=O) groups is 1. The van der Waals surface area contributed by atoms with Crippen molar-refractivity contribution in [3.05, 3.63) is 18.7 Å². The maximum Gasteiger partial charge on any atom is 0.251 e. The molecule has 1 heterocycles. The van der Waals surface area contributed by atoms with Gasteiger partial charge in [-0.05, 0) is 13.3 Å². The highest BCUT2D eigenvalue weighted by Gasteiger charge is 1.92. The molecule has 0 spiro atoms. The molecular formula is C10H18N2O3. The molecule has 0 aliphatic carbocycles. The SMILES string of the molecule is CCCOC(=O)[O-].CCn1cc[n+](C)c1. The van der Waals surface area contributed by atoms with Gasteiger partial charge in [0.25, 0.3) is 6.16 Å². The molecule has 0 unspecified atom stereocenters. The van der Waals surface area contributed by atoms with E-state index >= 15 is 0 Å². The van der Waals surface area contributed by atoms with E-state index in [-0.39, 0.29) is 6.61 Å². The molecule has 1 rings (SSSR count). The van der Waals surface area contributed by atoms with Crippen LogP contribution in [0.4, 0.5) is 4.79 Å². The minimum atomic E-state index is -1.44. The van der Waals surface area contributed by atoms with E-state index in [9.17, 15) is 9.90 Å². The summed E-state index contributed by atoms with van der Waals surface area (Å²) in [4.78, 5) is 9.42. The molecule has 86 valence electrons. The van der Waals surface area contributed by atoms with Gasteiger partial charge in [-0.15, -0.1) is 0 Å². The molecule has 0 aliphatic heterocycles. The molecule has 0 N–H and O–H groups in total. The molecule has 0 aliphatic rings. The summed E-state index contributed by atoms with van der Waals surface area (Å²) in [7, 11) is 2.02. The highest BCUT2D eigenvalue weighted by atomic mass is 16.7. The van der Waals surface area contributed by atoms with E-state index in [1.54, 1.807) is 0 Å². The molecule has 0 fully saturated rings. The lowest BCUT2D eigenvalue weighted by atomic mass is 10.5. The third-order valence-corrected chi connectivity index (χ3v) is 1.61. The summed E-state index contributed by atoms with van der Waals surface area (Å²) < 4.78 is 8.15. The first-order chi connectivity index (χ1) is 7.10. The van der Waals surface area contributed by atoms with Crippen molar-refractivity contribution in [1.82, 2.24) is 4.57 Å². The molecule has 5 heteroatoms. The summed E-state index contributed by atoms with van der Waals surface area (Å²) in [6, 6.07) is 0. The van der Waals surface area contributed by atoms with Crippen LogP contribution in [0.1, 0.15) is 20.3 Å². The Hall–Kier alpha value is -1.52. The van der Waals surface area contributed by atoms with Crippen LogP contribution in [0.3, 0.4) is 0 Å². The Kier molecular flexibility index (Phi) is 7.05. The van der Waals surface area contributed by atoms with Gasteiger partial charge < -0.3 is 14.6 Å². The number of imidazole rings is 1. The number of aryl methyl sites for hydroxylation is 2. The van der Waals surface area contributed by atoms with Crippen LogP contribution in [0.2, 0.25) is 0 Å². The van der Waals surface area contributed by atoms with E-state index in [4.69, 9.17) is 0 Å². The van der Waals surface area contributed by atoms with Gasteiger partial charge in [0, 0.05) is 6.61 Å². The Morgan fingerprint density at radius 3 is 2.40 bits per heavy atom. The monoisotopic (exact) mass is 214 g/mol. The lowest BCUT2D eigenvalue weighted by Crippen LogP contribution is -2.23. The molecule has 0 saturated heterocycles. The van der Waals surface area contributed by atoms with E-state index in [0.29, 0.717) is 6.42 Å². The number of carboxylic acid groups (broad SMARTS) is 1. The molecule has 0 saturated carbocycles. The number of ether oxygens (including phenoxy) is 1. The zero-order chi connectivity index (χ0) is 11.7. The normalized spacial score (nSPS) is 9.00. The van der Waals surface area contributed by atoms with Crippen molar-refractivity contribution in [3.8, 4) is 0 Å². The second-order valence-corrected chi connectivity index (χ2v) is 3.01. The molecule has 0 amide bonds. The Balaban J connectivity index is 0.000000265. The standard InChI is InChI=1S/C6H11N2.C4H8O3/c1-3-8-5-4-7(2)6-8;1-2-3-7-4(5)6/h4-6H,3H2,1-2H3;2-3H2,1H3,(H,5,6)/q+1;/p-1. The van der Waals surface area contributed by atoms with Crippen molar-refractivity contribution >= 4 is 6.16 Å². The van der Waals surface area contributed by atoms with Gasteiger partial charge in [-0.3, -0.25) is 0 Å². The van der Waals surface area contributed by atoms with Gasteiger partial charge in [0.15, 0.2) is 0 Å². The van der Waals surface area contributed by atoms with Crippen molar-refractivity contribution in [2.45, 2.75) is 26.8 Å². The van der Waals surface area contributed by atoms with Gasteiger partial charge in [-0.1, -0.05) is 6.92 Å². The molecule has 0 aromatic carbocycles. The Bertz CT molecular complexity index is 284. The van der Waals surface area contributed by atoms with Crippen LogP contribution < -0.4 is 9.67 Å². The summed E-state index contributed by atoms with van der Waals surface area (Å²) in [5.41, 5.74) is 0. The van der Waals surface area contributed by atoms with E-state index < -0.39 is 6.16 Å². The molecule has 0 radical (unpaired) electrons. The fraction of sp³-hybridized carbons (Fsp3) is 0.600. The average Bonchev–Trinajstić information content (AvgIpc) is 2.62. The van der Waals surface area contributed by atoms with E-state index in [1.165, 1.54) is 0 Å². The summed E-state index contributed by atoms with van der Waals surface area (Å²) in [5.74, 6) is 0. The van der Waals surface area contributed by atoms with Crippen molar-refractivity contribution in [2.75, 3.05) is 6.61 Å². The number of rotatable bonds is 3. The van der Waals surface area contributed by atoms with Gasteiger partial charge in [0.1, 0.15) is 12.4 Å². The fourth-order valence-corrected chi connectivity index (χ4v) is 0.874. The Labute approximate surface area is 89.9 Å². The van der Waals surface area contributed by atoms with Gasteiger partial charge in [0.05, 0.1) is 13.6 Å².